The number of carbonyl (C=O) groups is 3. The molecule has 0 spiro atoms. The van der Waals surface area contributed by atoms with E-state index in [0.29, 0.717) is 25.4 Å². The predicted molar refractivity (Wildman–Crippen MR) is 209 cm³/mol. The Morgan fingerprint density at radius 2 is 1.04 bits per heavy atom. The van der Waals surface area contributed by atoms with Gasteiger partial charge in [0.2, 0.25) is 0 Å². The summed E-state index contributed by atoms with van der Waals surface area (Å²) in [4.78, 5) is 35.3. The van der Waals surface area contributed by atoms with Gasteiger partial charge in [0.05, 0.1) is 25.7 Å². The Hall–Kier alpha value is -3.03. The van der Waals surface area contributed by atoms with Crippen molar-refractivity contribution >= 4 is 17.9 Å². The molecule has 0 aromatic heterocycles. The van der Waals surface area contributed by atoms with Crippen LogP contribution in [0.15, 0.2) is 43.5 Å². The van der Waals surface area contributed by atoms with E-state index in [1.54, 1.807) is 12.1 Å². The fourth-order valence-corrected chi connectivity index (χ4v) is 7.55. The zero-order chi connectivity index (χ0) is 38.4. The molecule has 0 aliphatic heterocycles. The third-order valence-electron chi connectivity index (χ3n) is 10.8. The summed E-state index contributed by atoms with van der Waals surface area (Å²) in [5.74, 6) is -1.42. The van der Waals surface area contributed by atoms with E-state index in [0.717, 1.165) is 109 Å². The minimum atomic E-state index is -0.726. The number of unbranched alkanes of at least 4 members (excludes halogenated alkanes) is 16. The van der Waals surface area contributed by atoms with Gasteiger partial charge in [0.15, 0.2) is 11.6 Å². The van der Waals surface area contributed by atoms with Gasteiger partial charge in [0.25, 0.3) is 0 Å². The summed E-state index contributed by atoms with van der Waals surface area (Å²) < 4.78 is 43.6. The van der Waals surface area contributed by atoms with Crippen molar-refractivity contribution in [2.75, 3.05) is 19.8 Å². The van der Waals surface area contributed by atoms with Gasteiger partial charge in [-0.2, -0.15) is 0 Å². The van der Waals surface area contributed by atoms with E-state index in [2.05, 4.69) is 13.2 Å². The Balaban J connectivity index is 1.46. The van der Waals surface area contributed by atoms with Crippen LogP contribution in [0, 0.1) is 23.5 Å². The Labute approximate surface area is 319 Å². The Morgan fingerprint density at radius 3 is 1.53 bits per heavy atom. The summed E-state index contributed by atoms with van der Waals surface area (Å²) in [7, 11) is 0. The highest BCUT2D eigenvalue weighted by Gasteiger charge is 2.25. The van der Waals surface area contributed by atoms with E-state index < -0.39 is 23.6 Å². The molecule has 0 radical (unpaired) electrons. The molecule has 1 saturated carbocycles. The minimum absolute atomic E-state index is 0.0743. The molecule has 0 saturated heterocycles. The normalized spacial score (nSPS) is 15.6. The predicted octanol–water partition coefficient (Wildman–Crippen LogP) is 12.4. The maximum atomic E-state index is 14.2. The number of ether oxygens (including phenoxy) is 3. The second-order valence-electron chi connectivity index (χ2n) is 15.1. The number of rotatable bonds is 32. The number of esters is 3. The number of carbonyl (C=O) groups excluding carboxylic acids is 3. The van der Waals surface area contributed by atoms with Gasteiger partial charge in [-0.3, -0.25) is 4.79 Å². The van der Waals surface area contributed by atoms with Crippen LogP contribution < -0.4 is 0 Å². The van der Waals surface area contributed by atoms with E-state index in [1.165, 1.54) is 82.4 Å². The summed E-state index contributed by atoms with van der Waals surface area (Å²) in [6, 6.07) is 4.59. The van der Waals surface area contributed by atoms with Crippen LogP contribution in [0.5, 0.6) is 0 Å². The van der Waals surface area contributed by atoms with Gasteiger partial charge in [-0.05, 0) is 81.3 Å². The average molecular weight is 745 g/mol. The molecule has 6 nitrogen and oxygen atoms in total. The van der Waals surface area contributed by atoms with Crippen LogP contribution in [0.25, 0.3) is 0 Å². The van der Waals surface area contributed by atoms with E-state index in [1.807, 2.05) is 0 Å². The summed E-state index contributed by atoms with van der Waals surface area (Å²) >= 11 is 0. The molecule has 0 unspecified atom stereocenters. The zero-order valence-corrected chi connectivity index (χ0v) is 32.7. The maximum Gasteiger partial charge on any atom is 0.330 e. The molecule has 300 valence electrons. The van der Waals surface area contributed by atoms with Crippen molar-refractivity contribution in [3.05, 3.63) is 60.7 Å². The molecular formula is C45H70F2O6. The number of halogens is 2. The maximum absolute atomic E-state index is 14.2. The van der Waals surface area contributed by atoms with E-state index in [-0.39, 0.29) is 17.8 Å². The Morgan fingerprint density at radius 1 is 0.604 bits per heavy atom. The van der Waals surface area contributed by atoms with Crippen molar-refractivity contribution in [1.29, 1.82) is 0 Å². The summed E-state index contributed by atoms with van der Waals surface area (Å²) in [5.41, 5.74) is 0.569. The van der Waals surface area contributed by atoms with Gasteiger partial charge < -0.3 is 14.2 Å². The second-order valence-corrected chi connectivity index (χ2v) is 15.1. The first-order valence-corrected chi connectivity index (χ1v) is 21.0. The van der Waals surface area contributed by atoms with E-state index in [4.69, 9.17) is 14.2 Å². The largest absolute Gasteiger partial charge is 0.465 e. The van der Waals surface area contributed by atoms with Gasteiger partial charge >= 0.3 is 17.9 Å². The molecule has 2 rings (SSSR count). The summed E-state index contributed by atoms with van der Waals surface area (Å²) in [6.45, 7) is 8.10. The van der Waals surface area contributed by atoms with Crippen LogP contribution in [-0.2, 0) is 28.6 Å². The first kappa shape index (κ1) is 46.1. The third kappa shape index (κ3) is 22.1. The third-order valence-corrected chi connectivity index (χ3v) is 10.8. The number of hydrogen-bond acceptors (Lipinski definition) is 6. The van der Waals surface area contributed by atoms with Crippen molar-refractivity contribution in [1.82, 2.24) is 0 Å². The quantitative estimate of drug-likeness (QED) is 0.0316. The average Bonchev–Trinajstić information content (AvgIpc) is 3.17. The molecular weight excluding hydrogens is 674 g/mol. The summed E-state index contributed by atoms with van der Waals surface area (Å²) in [6.07, 6.45) is 30.3. The Bertz CT molecular complexity index is 1130. The molecule has 1 aromatic carbocycles. The van der Waals surface area contributed by atoms with Crippen LogP contribution in [0.1, 0.15) is 178 Å². The lowest BCUT2D eigenvalue weighted by molar-refractivity contribution is -0.149. The van der Waals surface area contributed by atoms with Crippen LogP contribution in [-0.4, -0.2) is 37.7 Å². The van der Waals surface area contributed by atoms with Gasteiger partial charge in [-0.25, -0.2) is 18.4 Å². The molecule has 53 heavy (non-hydrogen) atoms. The second kappa shape index (κ2) is 30.3. The lowest BCUT2D eigenvalue weighted by Crippen LogP contribution is -2.18. The lowest BCUT2D eigenvalue weighted by Gasteiger charge is -2.29. The van der Waals surface area contributed by atoms with Gasteiger partial charge in [0.1, 0.15) is 0 Å². The topological polar surface area (TPSA) is 78.9 Å². The Kier molecular flexibility index (Phi) is 26.4. The smallest absolute Gasteiger partial charge is 0.330 e. The van der Waals surface area contributed by atoms with Crippen molar-refractivity contribution < 1.29 is 37.4 Å². The van der Waals surface area contributed by atoms with Gasteiger partial charge in [-0.1, -0.05) is 134 Å². The van der Waals surface area contributed by atoms with Crippen molar-refractivity contribution in [3.63, 3.8) is 0 Å². The van der Waals surface area contributed by atoms with Crippen LogP contribution in [0.3, 0.4) is 0 Å². The first-order chi connectivity index (χ1) is 25.8. The standard InChI is InChI=1S/C45H70F2O6/c1-3-42(48)51-34-21-16-13-19-26-39(27-20-14-17-22-35-52-43(49)4-2)45(50)53-36-23-15-11-9-7-5-6-8-10-12-18-25-37-30-32-38(33-31-37)40-28-24-29-41(46)44(40)47/h3-4,24,28-29,37-39H,1-2,5-23,25-27,30-36H2/t37-,38-. The lowest BCUT2D eigenvalue weighted by atomic mass is 9.77. The van der Waals surface area contributed by atoms with E-state index >= 15 is 0 Å². The van der Waals surface area contributed by atoms with Crippen molar-refractivity contribution in [2.24, 2.45) is 11.8 Å². The highest BCUT2D eigenvalue weighted by Crippen LogP contribution is 2.39. The van der Waals surface area contributed by atoms with Crippen molar-refractivity contribution in [3.8, 4) is 0 Å². The monoisotopic (exact) mass is 745 g/mol. The molecule has 0 N–H and O–H groups in total. The van der Waals surface area contributed by atoms with E-state index in [9.17, 15) is 23.2 Å². The SMILES string of the molecule is C=CC(=O)OCCCCCCC(CCCCCCOC(=O)C=C)C(=O)OCCCCCCCCCCCCC[C@H]1CC[C@H](c2cccc(F)c2F)CC1. The molecule has 1 aliphatic carbocycles. The van der Waals surface area contributed by atoms with Crippen LogP contribution in [0.2, 0.25) is 0 Å². The highest BCUT2D eigenvalue weighted by molar-refractivity contribution is 5.81. The molecule has 1 aromatic rings. The van der Waals surface area contributed by atoms with Crippen LogP contribution in [0.4, 0.5) is 8.78 Å². The van der Waals surface area contributed by atoms with Crippen LogP contribution >= 0.6 is 0 Å². The van der Waals surface area contributed by atoms with Gasteiger partial charge in [0, 0.05) is 12.2 Å². The van der Waals surface area contributed by atoms with Gasteiger partial charge in [-0.15, -0.1) is 0 Å². The molecule has 0 bridgehead atoms. The molecule has 8 heteroatoms. The minimum Gasteiger partial charge on any atom is -0.465 e. The highest BCUT2D eigenvalue weighted by atomic mass is 19.2. The van der Waals surface area contributed by atoms with Crippen molar-refractivity contribution in [2.45, 2.75) is 173 Å². The number of hydrogen-bond donors (Lipinski definition) is 0. The molecule has 0 atom stereocenters. The fraction of sp³-hybridized carbons (Fsp3) is 0.711. The summed E-state index contributed by atoms with van der Waals surface area (Å²) in [5, 5.41) is 0. The zero-order valence-electron chi connectivity index (χ0n) is 32.7. The molecule has 1 aliphatic rings. The number of benzene rings is 1. The molecule has 0 heterocycles. The fourth-order valence-electron chi connectivity index (χ4n) is 7.55. The first-order valence-electron chi connectivity index (χ1n) is 21.0. The molecule has 1 fully saturated rings. The molecule has 0 amide bonds.